The topological polar surface area (TPSA) is 59.1 Å². The fourth-order valence-electron chi connectivity index (χ4n) is 1.26. The van der Waals surface area contributed by atoms with Gasteiger partial charge in [0.1, 0.15) is 11.6 Å². The van der Waals surface area contributed by atoms with Crippen LogP contribution >= 0.6 is 15.9 Å². The Hall–Kier alpha value is -1.45. The average Bonchev–Trinajstić information content (AvgIpc) is 2.23. The van der Waals surface area contributed by atoms with Crippen LogP contribution < -0.4 is 10.5 Å². The minimum atomic E-state index is -5.64. The number of amidine groups is 1. The number of hydrogen-bond acceptors (Lipinski definition) is 2. The van der Waals surface area contributed by atoms with Crippen molar-refractivity contribution in [2.24, 2.45) is 5.73 Å². The van der Waals surface area contributed by atoms with E-state index in [2.05, 4.69) is 20.7 Å². The van der Waals surface area contributed by atoms with Gasteiger partial charge in [-0.15, -0.1) is 0 Å². The van der Waals surface area contributed by atoms with Crippen molar-refractivity contribution >= 4 is 21.8 Å². The van der Waals surface area contributed by atoms with E-state index in [4.69, 9.17) is 11.1 Å². The van der Waals surface area contributed by atoms with E-state index in [-0.39, 0.29) is 5.56 Å². The van der Waals surface area contributed by atoms with E-state index < -0.39 is 30.0 Å². The summed E-state index contributed by atoms with van der Waals surface area (Å²) in [6.07, 6.45) is -15.3. The number of hydrogen-bond donors (Lipinski definition) is 2. The molecule has 0 aliphatic rings. The first-order chi connectivity index (χ1) is 8.93. The van der Waals surface area contributed by atoms with Crippen molar-refractivity contribution in [2.75, 3.05) is 0 Å². The highest BCUT2D eigenvalue weighted by Crippen LogP contribution is 2.37. The third-order valence-corrected chi connectivity index (χ3v) is 2.56. The molecule has 0 unspecified atom stereocenters. The van der Waals surface area contributed by atoms with Gasteiger partial charge in [-0.05, 0) is 18.2 Å². The highest BCUT2D eigenvalue weighted by atomic mass is 79.9. The quantitative estimate of drug-likeness (QED) is 0.489. The van der Waals surface area contributed by atoms with Gasteiger partial charge >= 0.3 is 12.4 Å². The van der Waals surface area contributed by atoms with Crippen LogP contribution in [0.4, 0.5) is 26.3 Å². The third kappa shape index (κ3) is 4.02. The van der Waals surface area contributed by atoms with Crippen LogP contribution in [0.25, 0.3) is 0 Å². The van der Waals surface area contributed by atoms with Crippen LogP contribution in [0, 0.1) is 5.41 Å². The molecule has 1 rings (SSSR count). The Morgan fingerprint density at radius 2 is 1.65 bits per heavy atom. The van der Waals surface area contributed by atoms with E-state index in [0.29, 0.717) is 4.47 Å². The number of alkyl halides is 6. The van der Waals surface area contributed by atoms with Crippen LogP contribution in [0.3, 0.4) is 0 Å². The summed E-state index contributed by atoms with van der Waals surface area (Å²) in [6, 6.07) is 3.12. The van der Waals surface area contributed by atoms with Crippen molar-refractivity contribution in [3.8, 4) is 5.75 Å². The van der Waals surface area contributed by atoms with E-state index in [1.54, 1.807) is 0 Å². The lowest BCUT2D eigenvalue weighted by atomic mass is 10.2. The van der Waals surface area contributed by atoms with Gasteiger partial charge in [0, 0.05) is 4.47 Å². The van der Waals surface area contributed by atoms with E-state index >= 15 is 0 Å². The molecule has 112 valence electrons. The molecule has 10 heteroatoms. The maximum absolute atomic E-state index is 12.4. The fraction of sp³-hybridized carbons (Fsp3) is 0.300. The van der Waals surface area contributed by atoms with Crippen LogP contribution in [0.15, 0.2) is 22.7 Å². The van der Waals surface area contributed by atoms with Crippen molar-refractivity contribution in [2.45, 2.75) is 18.5 Å². The summed E-state index contributed by atoms with van der Waals surface area (Å²) in [6.45, 7) is 0. The highest BCUT2D eigenvalue weighted by molar-refractivity contribution is 9.10. The Morgan fingerprint density at radius 1 is 1.15 bits per heavy atom. The Kier molecular flexibility index (Phi) is 4.57. The first kappa shape index (κ1) is 16.6. The number of nitrogens with two attached hydrogens (primary N) is 1. The van der Waals surface area contributed by atoms with Gasteiger partial charge in [-0.3, -0.25) is 5.41 Å². The predicted molar refractivity (Wildman–Crippen MR) is 61.7 cm³/mol. The van der Waals surface area contributed by atoms with Gasteiger partial charge in [-0.2, -0.15) is 26.3 Å². The molecule has 0 aliphatic carbocycles. The van der Waals surface area contributed by atoms with Gasteiger partial charge in [0.2, 0.25) is 0 Å². The largest absolute Gasteiger partial charge is 0.471 e. The number of nitrogens with one attached hydrogen (secondary N) is 1. The van der Waals surface area contributed by atoms with E-state index in [1.807, 2.05) is 0 Å². The van der Waals surface area contributed by atoms with Crippen molar-refractivity contribution in [3.63, 3.8) is 0 Å². The van der Waals surface area contributed by atoms with Gasteiger partial charge in [0.25, 0.3) is 6.10 Å². The summed E-state index contributed by atoms with van der Waals surface area (Å²) in [5.41, 5.74) is 4.72. The van der Waals surface area contributed by atoms with Gasteiger partial charge in [0.15, 0.2) is 0 Å². The molecule has 3 nitrogen and oxygen atoms in total. The van der Waals surface area contributed by atoms with E-state index in [0.717, 1.165) is 12.1 Å². The molecule has 0 spiro atoms. The molecule has 0 aromatic heterocycles. The zero-order valence-electron chi connectivity index (χ0n) is 9.44. The number of nitrogen functional groups attached to an aromatic ring is 1. The van der Waals surface area contributed by atoms with Crippen LogP contribution in [0.1, 0.15) is 5.56 Å². The Balaban J connectivity index is 3.22. The minimum absolute atomic E-state index is 0.325. The van der Waals surface area contributed by atoms with Crippen molar-refractivity contribution in [1.82, 2.24) is 0 Å². The lowest BCUT2D eigenvalue weighted by molar-refractivity contribution is -0.299. The Bertz CT molecular complexity index is 499. The van der Waals surface area contributed by atoms with E-state index in [1.165, 1.54) is 6.07 Å². The fourth-order valence-corrected chi connectivity index (χ4v) is 1.62. The van der Waals surface area contributed by atoms with Crippen LogP contribution in [0.5, 0.6) is 5.75 Å². The molecular formula is C10H7BrF6N2O. The first-order valence-electron chi connectivity index (χ1n) is 4.87. The Morgan fingerprint density at radius 3 is 2.05 bits per heavy atom. The molecule has 1 aromatic carbocycles. The Labute approximate surface area is 117 Å². The standard InChI is InChI=1S/C10H7BrF6N2O/c11-4-1-2-6(5(3-4)7(18)19)20-8(9(12,13)14)10(15,16)17/h1-3,8H,(H3,18,19). The molecule has 0 atom stereocenters. The molecular weight excluding hydrogens is 358 g/mol. The molecule has 0 saturated heterocycles. The smallest absolute Gasteiger partial charge is 0.434 e. The van der Waals surface area contributed by atoms with Crippen LogP contribution in [0.2, 0.25) is 0 Å². The third-order valence-electron chi connectivity index (χ3n) is 2.07. The number of rotatable bonds is 3. The highest BCUT2D eigenvalue weighted by Gasteiger charge is 2.59. The van der Waals surface area contributed by atoms with Crippen molar-refractivity contribution in [1.29, 1.82) is 5.41 Å². The average molecular weight is 365 g/mol. The summed E-state index contributed by atoms with van der Waals surface area (Å²) < 4.78 is 78.6. The van der Waals surface area contributed by atoms with Crippen molar-refractivity contribution in [3.05, 3.63) is 28.2 Å². The molecule has 0 heterocycles. The summed E-state index contributed by atoms with van der Waals surface area (Å²) in [7, 11) is 0. The summed E-state index contributed by atoms with van der Waals surface area (Å²) in [5.74, 6) is -1.50. The number of benzene rings is 1. The van der Waals surface area contributed by atoms with Gasteiger partial charge in [-0.1, -0.05) is 15.9 Å². The summed E-state index contributed by atoms with van der Waals surface area (Å²) in [4.78, 5) is 0. The summed E-state index contributed by atoms with van der Waals surface area (Å²) in [5, 5.41) is 7.14. The molecule has 0 amide bonds. The second-order valence-electron chi connectivity index (χ2n) is 3.64. The second kappa shape index (κ2) is 5.51. The zero-order valence-corrected chi connectivity index (χ0v) is 11.0. The maximum Gasteiger partial charge on any atom is 0.434 e. The molecule has 0 fully saturated rings. The molecule has 0 saturated carbocycles. The lowest BCUT2D eigenvalue weighted by Gasteiger charge is -2.24. The minimum Gasteiger partial charge on any atom is -0.471 e. The van der Waals surface area contributed by atoms with Gasteiger partial charge in [0.05, 0.1) is 5.56 Å². The first-order valence-corrected chi connectivity index (χ1v) is 5.66. The van der Waals surface area contributed by atoms with Gasteiger partial charge in [-0.25, -0.2) is 0 Å². The number of halogens is 7. The molecule has 0 bridgehead atoms. The molecule has 0 aliphatic heterocycles. The molecule has 3 N–H and O–H groups in total. The molecule has 20 heavy (non-hydrogen) atoms. The molecule has 1 aromatic rings. The molecule has 0 radical (unpaired) electrons. The SMILES string of the molecule is N=C(N)c1cc(Br)ccc1OC(C(F)(F)F)C(F)(F)F. The normalized spacial score (nSPS) is 12.6. The van der Waals surface area contributed by atoms with E-state index in [9.17, 15) is 26.3 Å². The maximum atomic E-state index is 12.4. The number of ether oxygens (including phenoxy) is 1. The van der Waals surface area contributed by atoms with Crippen molar-refractivity contribution < 1.29 is 31.1 Å². The predicted octanol–water partition coefficient (Wildman–Crippen LogP) is 3.61. The second-order valence-corrected chi connectivity index (χ2v) is 4.55. The monoisotopic (exact) mass is 364 g/mol. The lowest BCUT2D eigenvalue weighted by Crippen LogP contribution is -2.46. The van der Waals surface area contributed by atoms with Crippen LogP contribution in [-0.2, 0) is 0 Å². The summed E-state index contributed by atoms with van der Waals surface area (Å²) >= 11 is 2.96. The van der Waals surface area contributed by atoms with Crippen LogP contribution in [-0.4, -0.2) is 24.3 Å². The van der Waals surface area contributed by atoms with Gasteiger partial charge < -0.3 is 10.5 Å². The zero-order chi connectivity index (χ0) is 15.7.